The number of hydrogen-bond acceptors (Lipinski definition) is 3. The van der Waals surface area contributed by atoms with Gasteiger partial charge >= 0.3 is 0 Å². The van der Waals surface area contributed by atoms with Crippen LogP contribution in [0.3, 0.4) is 0 Å². The van der Waals surface area contributed by atoms with Gasteiger partial charge in [-0.1, -0.05) is 11.6 Å². The van der Waals surface area contributed by atoms with Crippen LogP contribution in [-0.4, -0.2) is 40.5 Å². The number of carbonyl (C=O) groups excluding carboxylic acids is 1. The van der Waals surface area contributed by atoms with Gasteiger partial charge in [0, 0.05) is 31.1 Å². The molecular formula is C17H17ClN4O2. The van der Waals surface area contributed by atoms with Crippen molar-refractivity contribution in [3.05, 3.63) is 65.6 Å². The average molecular weight is 345 g/mol. The average Bonchev–Trinajstić information content (AvgIpc) is 3.24. The molecule has 0 fully saturated rings. The Bertz CT molecular complexity index is 810. The van der Waals surface area contributed by atoms with Crippen molar-refractivity contribution in [1.29, 1.82) is 0 Å². The summed E-state index contributed by atoms with van der Waals surface area (Å²) in [5.41, 5.74) is 1.30. The molecule has 3 rings (SSSR count). The zero-order valence-corrected chi connectivity index (χ0v) is 13.9. The number of benzene rings is 1. The summed E-state index contributed by atoms with van der Waals surface area (Å²) in [6.07, 6.45) is 5.30. The van der Waals surface area contributed by atoms with Crippen LogP contribution in [0.1, 0.15) is 10.4 Å². The largest absolute Gasteiger partial charge is 0.383 e. The molecule has 124 valence electrons. The van der Waals surface area contributed by atoms with E-state index in [0.717, 1.165) is 5.69 Å². The van der Waals surface area contributed by atoms with Crippen LogP contribution in [0.2, 0.25) is 5.02 Å². The number of nitrogens with one attached hydrogen (secondary N) is 1. The van der Waals surface area contributed by atoms with Crippen molar-refractivity contribution in [2.45, 2.75) is 0 Å². The highest BCUT2D eigenvalue weighted by atomic mass is 35.5. The molecule has 24 heavy (non-hydrogen) atoms. The second-order valence-electron chi connectivity index (χ2n) is 5.11. The molecule has 6 nitrogen and oxygen atoms in total. The van der Waals surface area contributed by atoms with Gasteiger partial charge in [-0.3, -0.25) is 4.79 Å². The van der Waals surface area contributed by atoms with E-state index >= 15 is 0 Å². The second-order valence-corrected chi connectivity index (χ2v) is 5.55. The molecule has 2 heterocycles. The van der Waals surface area contributed by atoms with Gasteiger partial charge in [0.2, 0.25) is 0 Å². The van der Waals surface area contributed by atoms with E-state index < -0.39 is 0 Å². The van der Waals surface area contributed by atoms with Crippen LogP contribution in [0.4, 0.5) is 0 Å². The van der Waals surface area contributed by atoms with Crippen molar-refractivity contribution in [3.63, 3.8) is 0 Å². The molecule has 2 aromatic heterocycles. The number of rotatable bonds is 6. The SMILES string of the molecule is COCCNC(=O)c1cnn(-c2ccc(Cl)cc2)c1-n1cccc1. The Balaban J connectivity index is 2.01. The third-order valence-corrected chi connectivity index (χ3v) is 3.75. The zero-order valence-electron chi connectivity index (χ0n) is 13.1. The van der Waals surface area contributed by atoms with E-state index in [0.29, 0.717) is 29.6 Å². The highest BCUT2D eigenvalue weighted by Crippen LogP contribution is 2.21. The molecule has 1 N–H and O–H groups in total. The molecule has 1 aromatic carbocycles. The van der Waals surface area contributed by atoms with E-state index in [1.54, 1.807) is 30.1 Å². The van der Waals surface area contributed by atoms with Crippen LogP contribution in [-0.2, 0) is 4.74 Å². The van der Waals surface area contributed by atoms with Gasteiger partial charge < -0.3 is 14.6 Å². The van der Waals surface area contributed by atoms with Crippen molar-refractivity contribution < 1.29 is 9.53 Å². The lowest BCUT2D eigenvalue weighted by Gasteiger charge is -2.11. The monoisotopic (exact) mass is 344 g/mol. The number of nitrogens with zero attached hydrogens (tertiary/aromatic N) is 3. The van der Waals surface area contributed by atoms with Crippen LogP contribution in [0.5, 0.6) is 0 Å². The van der Waals surface area contributed by atoms with E-state index in [1.165, 1.54) is 0 Å². The van der Waals surface area contributed by atoms with Gasteiger partial charge in [-0.25, -0.2) is 4.68 Å². The van der Waals surface area contributed by atoms with E-state index in [-0.39, 0.29) is 5.91 Å². The van der Waals surface area contributed by atoms with Gasteiger partial charge in [-0.05, 0) is 36.4 Å². The lowest BCUT2D eigenvalue weighted by molar-refractivity contribution is 0.0937. The topological polar surface area (TPSA) is 61.1 Å². The Hall–Kier alpha value is -2.57. The molecular weight excluding hydrogens is 328 g/mol. The van der Waals surface area contributed by atoms with Crippen LogP contribution in [0.25, 0.3) is 11.5 Å². The number of methoxy groups -OCH3 is 1. The van der Waals surface area contributed by atoms with E-state index in [9.17, 15) is 4.79 Å². The number of ether oxygens (including phenoxy) is 1. The third-order valence-electron chi connectivity index (χ3n) is 3.50. The number of hydrogen-bond donors (Lipinski definition) is 1. The summed E-state index contributed by atoms with van der Waals surface area (Å²) in [6.45, 7) is 0.891. The van der Waals surface area contributed by atoms with Crippen molar-refractivity contribution in [2.75, 3.05) is 20.3 Å². The molecule has 0 spiro atoms. The van der Waals surface area contributed by atoms with Crippen molar-refractivity contribution in [3.8, 4) is 11.5 Å². The summed E-state index contributed by atoms with van der Waals surface area (Å²) in [4.78, 5) is 12.5. The van der Waals surface area contributed by atoms with Gasteiger partial charge in [0.1, 0.15) is 5.56 Å². The predicted molar refractivity (Wildman–Crippen MR) is 92.1 cm³/mol. The molecule has 0 saturated heterocycles. The van der Waals surface area contributed by atoms with Crippen LogP contribution in [0.15, 0.2) is 55.0 Å². The van der Waals surface area contributed by atoms with Gasteiger partial charge in [0.15, 0.2) is 5.82 Å². The highest BCUT2D eigenvalue weighted by molar-refractivity contribution is 6.30. The van der Waals surface area contributed by atoms with Crippen LogP contribution in [0, 0.1) is 0 Å². The maximum atomic E-state index is 12.5. The molecule has 7 heteroatoms. The van der Waals surface area contributed by atoms with Crippen LogP contribution >= 0.6 is 11.6 Å². The lowest BCUT2D eigenvalue weighted by atomic mass is 10.2. The van der Waals surface area contributed by atoms with Gasteiger partial charge in [-0.2, -0.15) is 5.10 Å². The Morgan fingerprint density at radius 1 is 1.25 bits per heavy atom. The quantitative estimate of drug-likeness (QED) is 0.699. The van der Waals surface area contributed by atoms with E-state index in [2.05, 4.69) is 10.4 Å². The predicted octanol–water partition coefficient (Wildman–Crippen LogP) is 2.69. The highest BCUT2D eigenvalue weighted by Gasteiger charge is 2.19. The van der Waals surface area contributed by atoms with Crippen LogP contribution < -0.4 is 5.32 Å². The molecule has 0 unspecified atom stereocenters. The molecule has 0 saturated carbocycles. The fourth-order valence-corrected chi connectivity index (χ4v) is 2.49. The second kappa shape index (κ2) is 7.33. The van der Waals surface area contributed by atoms with E-state index in [4.69, 9.17) is 16.3 Å². The van der Waals surface area contributed by atoms with Gasteiger partial charge in [0.25, 0.3) is 5.91 Å². The summed E-state index contributed by atoms with van der Waals surface area (Å²) in [5, 5.41) is 7.85. The Morgan fingerprint density at radius 2 is 1.96 bits per heavy atom. The number of halogens is 1. The van der Waals surface area contributed by atoms with Crippen molar-refractivity contribution >= 4 is 17.5 Å². The summed E-state index contributed by atoms with van der Waals surface area (Å²) in [7, 11) is 1.59. The minimum atomic E-state index is -0.198. The first-order valence-electron chi connectivity index (χ1n) is 7.45. The third kappa shape index (κ3) is 3.34. The number of carbonyl (C=O) groups is 1. The molecule has 3 aromatic rings. The Morgan fingerprint density at radius 3 is 2.62 bits per heavy atom. The zero-order chi connectivity index (χ0) is 16.9. The first-order valence-corrected chi connectivity index (χ1v) is 7.83. The maximum absolute atomic E-state index is 12.5. The first-order chi connectivity index (χ1) is 11.7. The van der Waals surface area contributed by atoms with Gasteiger partial charge in [-0.15, -0.1) is 0 Å². The van der Waals surface area contributed by atoms with Crippen molar-refractivity contribution in [2.24, 2.45) is 0 Å². The molecule has 0 radical (unpaired) electrons. The minimum absolute atomic E-state index is 0.198. The fourth-order valence-electron chi connectivity index (χ4n) is 2.36. The molecule has 0 aliphatic carbocycles. The maximum Gasteiger partial charge on any atom is 0.256 e. The van der Waals surface area contributed by atoms with E-state index in [1.807, 2.05) is 41.2 Å². The lowest BCUT2D eigenvalue weighted by Crippen LogP contribution is -2.27. The smallest absolute Gasteiger partial charge is 0.256 e. The standard InChI is InChI=1S/C17H17ClN4O2/c1-24-11-8-19-16(23)15-12-20-22(14-6-4-13(18)5-7-14)17(15)21-9-2-3-10-21/h2-7,9-10,12H,8,11H2,1H3,(H,19,23). The van der Waals surface area contributed by atoms with Gasteiger partial charge in [0.05, 0.1) is 18.5 Å². The fraction of sp³-hybridized carbons (Fsp3) is 0.176. The Kier molecular flexibility index (Phi) is 4.98. The molecule has 0 aliphatic heterocycles. The molecule has 0 atom stereocenters. The normalized spacial score (nSPS) is 10.8. The Labute approximate surface area is 144 Å². The molecule has 0 bridgehead atoms. The minimum Gasteiger partial charge on any atom is -0.383 e. The number of aromatic nitrogens is 3. The summed E-state index contributed by atoms with van der Waals surface area (Å²) in [6, 6.07) is 11.1. The summed E-state index contributed by atoms with van der Waals surface area (Å²) >= 11 is 5.95. The number of amides is 1. The molecule has 0 aliphatic rings. The summed E-state index contributed by atoms with van der Waals surface area (Å²) in [5.74, 6) is 0.466. The first kappa shape index (κ1) is 16.3. The van der Waals surface area contributed by atoms with Crippen molar-refractivity contribution in [1.82, 2.24) is 19.7 Å². The summed E-state index contributed by atoms with van der Waals surface area (Å²) < 4.78 is 8.53. The molecule has 1 amide bonds.